The first-order valence-corrected chi connectivity index (χ1v) is 13.3. The third-order valence-corrected chi connectivity index (χ3v) is 9.81. The van der Waals surface area contributed by atoms with Gasteiger partial charge in [-0.1, -0.05) is 12.1 Å². The molecule has 5 rings (SSSR count). The minimum atomic E-state index is -4.49. The second-order valence-electron chi connectivity index (χ2n) is 9.69. The van der Waals surface area contributed by atoms with E-state index in [9.17, 15) is 26.0 Å². The van der Waals surface area contributed by atoms with E-state index in [2.05, 4.69) is 0 Å². The first kappa shape index (κ1) is 24.5. The van der Waals surface area contributed by atoms with Gasteiger partial charge in [0.05, 0.1) is 29.3 Å². The van der Waals surface area contributed by atoms with Crippen molar-refractivity contribution in [2.45, 2.75) is 55.0 Å². The average Bonchev–Trinajstić information content (AvgIpc) is 3.65. The molecule has 0 unspecified atom stereocenters. The highest BCUT2D eigenvalue weighted by Gasteiger charge is 2.53. The van der Waals surface area contributed by atoms with Crippen molar-refractivity contribution in [3.05, 3.63) is 64.7 Å². The van der Waals surface area contributed by atoms with Crippen LogP contribution in [0.25, 0.3) is 0 Å². The molecule has 2 aromatic rings. The number of ether oxygens (including phenoxy) is 2. The predicted octanol–water partition coefficient (Wildman–Crippen LogP) is 5.23. The van der Waals surface area contributed by atoms with E-state index in [4.69, 9.17) is 9.47 Å². The topological polar surface area (TPSA) is 52.6 Å². The molecule has 1 aliphatic carbocycles. The third kappa shape index (κ3) is 4.55. The van der Waals surface area contributed by atoms with E-state index in [1.165, 1.54) is 12.1 Å². The van der Waals surface area contributed by atoms with Gasteiger partial charge in [-0.25, -0.2) is 17.2 Å². The Labute approximate surface area is 200 Å². The van der Waals surface area contributed by atoms with Crippen molar-refractivity contribution in [2.75, 3.05) is 19.0 Å². The fourth-order valence-corrected chi connectivity index (χ4v) is 7.33. The highest BCUT2D eigenvalue weighted by Crippen LogP contribution is 2.53. The molecule has 2 heterocycles. The molecule has 0 aromatic heterocycles. The van der Waals surface area contributed by atoms with Crippen LogP contribution in [-0.2, 0) is 32.6 Å². The first-order chi connectivity index (χ1) is 16.5. The highest BCUT2D eigenvalue weighted by molar-refractivity contribution is 7.92. The Hall–Kier alpha value is -2.20. The molecule has 2 aliphatic heterocycles. The molecule has 0 radical (unpaired) electrons. The second kappa shape index (κ2) is 8.73. The zero-order valence-electron chi connectivity index (χ0n) is 18.8. The smallest absolute Gasteiger partial charge is 0.416 e. The van der Waals surface area contributed by atoms with Crippen molar-refractivity contribution in [3.63, 3.8) is 0 Å². The molecule has 10 heteroatoms. The molecule has 2 aromatic carbocycles. The lowest BCUT2D eigenvalue weighted by molar-refractivity contribution is -0.137. The Morgan fingerprint density at radius 3 is 2.34 bits per heavy atom. The van der Waals surface area contributed by atoms with Crippen molar-refractivity contribution >= 4 is 9.84 Å². The molecule has 1 saturated carbocycles. The summed E-state index contributed by atoms with van der Waals surface area (Å²) in [5.41, 5.74) is -1.24. The van der Waals surface area contributed by atoms with Gasteiger partial charge < -0.3 is 9.47 Å². The van der Waals surface area contributed by atoms with Crippen molar-refractivity contribution in [1.29, 1.82) is 0 Å². The van der Waals surface area contributed by atoms with E-state index >= 15 is 4.39 Å². The van der Waals surface area contributed by atoms with Crippen LogP contribution in [0.15, 0.2) is 36.4 Å². The molecule has 3 aliphatic rings. The molecule has 0 bridgehead atoms. The van der Waals surface area contributed by atoms with Gasteiger partial charge in [-0.3, -0.25) is 0 Å². The van der Waals surface area contributed by atoms with Crippen molar-refractivity contribution in [3.8, 4) is 5.75 Å². The van der Waals surface area contributed by atoms with Crippen molar-refractivity contribution in [2.24, 2.45) is 5.92 Å². The molecule has 0 amide bonds. The molecule has 3 atom stereocenters. The van der Waals surface area contributed by atoms with Crippen LogP contribution in [0.4, 0.5) is 22.0 Å². The minimum Gasteiger partial charge on any atom is -0.490 e. The number of alkyl halides is 3. The van der Waals surface area contributed by atoms with Crippen LogP contribution in [0.5, 0.6) is 5.75 Å². The monoisotopic (exact) mass is 516 g/mol. The van der Waals surface area contributed by atoms with Crippen LogP contribution in [0, 0.1) is 17.6 Å². The Kier molecular flexibility index (Phi) is 6.11. The molecule has 0 N–H and O–H groups in total. The number of hydrogen-bond donors (Lipinski definition) is 0. The lowest BCUT2D eigenvalue weighted by atomic mass is 9.60. The zero-order chi connectivity index (χ0) is 25.0. The summed E-state index contributed by atoms with van der Waals surface area (Å²) in [5, 5.41) is -0.321. The van der Waals surface area contributed by atoms with Crippen LogP contribution in [0.2, 0.25) is 0 Å². The van der Waals surface area contributed by atoms with E-state index in [0.29, 0.717) is 24.8 Å². The first-order valence-electron chi connectivity index (χ1n) is 11.6. The fraction of sp³-hybridized carbons (Fsp3) is 0.520. The maximum atomic E-state index is 15.3. The predicted molar refractivity (Wildman–Crippen MR) is 118 cm³/mol. The number of rotatable bonds is 6. The number of sulfone groups is 1. The molecule has 1 saturated heterocycles. The van der Waals surface area contributed by atoms with Crippen LogP contribution in [0.1, 0.15) is 42.4 Å². The van der Waals surface area contributed by atoms with Gasteiger partial charge in [0.1, 0.15) is 5.82 Å². The van der Waals surface area contributed by atoms with E-state index < -0.39 is 50.6 Å². The summed E-state index contributed by atoms with van der Waals surface area (Å²) in [7, 11) is -3.26. The average molecular weight is 517 g/mol. The van der Waals surface area contributed by atoms with Gasteiger partial charge in [0.15, 0.2) is 21.4 Å². The Balaban J connectivity index is 1.52. The summed E-state index contributed by atoms with van der Waals surface area (Å²) in [6, 6.07) is 6.66. The zero-order valence-corrected chi connectivity index (χ0v) is 19.6. The fourth-order valence-electron chi connectivity index (χ4n) is 5.58. The van der Waals surface area contributed by atoms with Gasteiger partial charge in [0.25, 0.3) is 0 Å². The second-order valence-corrected chi connectivity index (χ2v) is 12.1. The van der Waals surface area contributed by atoms with Crippen LogP contribution in [0.3, 0.4) is 0 Å². The molecule has 0 spiro atoms. The SMILES string of the molecule is O=S(=O)(CC[C@@H]1OCC[C@@]2(Cc3ccc(C(F)(F)F)cc3)c3c(F)ccc(F)c3OC[C@@H]12)C1CC1. The Bertz CT molecular complexity index is 1210. The van der Waals surface area contributed by atoms with E-state index in [1.807, 2.05) is 0 Å². The van der Waals surface area contributed by atoms with Gasteiger partial charge in [-0.05, 0) is 61.9 Å². The van der Waals surface area contributed by atoms with Gasteiger partial charge in [0.2, 0.25) is 0 Å². The lowest BCUT2D eigenvalue weighted by Crippen LogP contribution is -2.55. The molecular formula is C25H25F5O4S. The maximum absolute atomic E-state index is 15.3. The Morgan fingerprint density at radius 1 is 1.00 bits per heavy atom. The van der Waals surface area contributed by atoms with E-state index in [-0.39, 0.29) is 48.4 Å². The largest absolute Gasteiger partial charge is 0.490 e. The number of hydrogen-bond acceptors (Lipinski definition) is 4. The summed E-state index contributed by atoms with van der Waals surface area (Å²) in [5.74, 6) is -2.15. The van der Waals surface area contributed by atoms with Gasteiger partial charge in [0, 0.05) is 23.5 Å². The van der Waals surface area contributed by atoms with Crippen LogP contribution >= 0.6 is 0 Å². The van der Waals surface area contributed by atoms with E-state index in [0.717, 1.165) is 24.3 Å². The quantitative estimate of drug-likeness (QED) is 0.494. The van der Waals surface area contributed by atoms with Gasteiger partial charge >= 0.3 is 6.18 Å². The van der Waals surface area contributed by atoms with Crippen LogP contribution < -0.4 is 4.74 Å². The summed E-state index contributed by atoms with van der Waals surface area (Å²) in [6.45, 7) is 0.169. The molecule has 35 heavy (non-hydrogen) atoms. The summed E-state index contributed by atoms with van der Waals surface area (Å²) >= 11 is 0. The summed E-state index contributed by atoms with van der Waals surface area (Å²) in [6.07, 6.45) is -3.15. The summed E-state index contributed by atoms with van der Waals surface area (Å²) in [4.78, 5) is 0. The van der Waals surface area contributed by atoms with Crippen LogP contribution in [-0.4, -0.2) is 38.7 Å². The standard InChI is InChI=1S/C25H25F5O4S/c26-19-7-8-20(27)23-22(19)24(13-15-1-3-16(4-2-15)25(28,29)30)10-11-33-21(18(24)14-34-23)9-12-35(31,32)17-5-6-17/h1-4,7-8,17-18,21H,5-6,9-14H2/t18-,21-,24-/m0/s1. The normalized spacial score (nSPS) is 26.5. The molecule has 4 nitrogen and oxygen atoms in total. The van der Waals surface area contributed by atoms with Gasteiger partial charge in [-0.15, -0.1) is 0 Å². The molecule has 190 valence electrons. The third-order valence-electron chi connectivity index (χ3n) is 7.52. The maximum Gasteiger partial charge on any atom is 0.416 e. The van der Waals surface area contributed by atoms with Crippen molar-refractivity contribution in [1.82, 2.24) is 0 Å². The number of halogens is 5. The van der Waals surface area contributed by atoms with E-state index in [1.54, 1.807) is 0 Å². The number of benzene rings is 2. The molecule has 2 fully saturated rings. The lowest BCUT2D eigenvalue weighted by Gasteiger charge is -2.51. The number of fused-ring (bicyclic) bond motifs is 3. The summed E-state index contributed by atoms with van der Waals surface area (Å²) < 4.78 is 106. The minimum absolute atomic E-state index is 0.0118. The Morgan fingerprint density at radius 2 is 1.69 bits per heavy atom. The van der Waals surface area contributed by atoms with Crippen molar-refractivity contribution < 1.29 is 39.8 Å². The van der Waals surface area contributed by atoms with Gasteiger partial charge in [-0.2, -0.15) is 13.2 Å². The highest BCUT2D eigenvalue weighted by atomic mass is 32.2. The molecular weight excluding hydrogens is 491 g/mol.